The van der Waals surface area contributed by atoms with Gasteiger partial charge in [-0.2, -0.15) is 0 Å². The van der Waals surface area contributed by atoms with Gasteiger partial charge in [0.25, 0.3) is 0 Å². The predicted octanol–water partition coefficient (Wildman–Crippen LogP) is 3.09. The molecule has 1 aliphatic rings. The molecule has 118 valence electrons. The molecule has 2 rings (SSSR count). The molecular formula is C14H19Cl2NO3S. The van der Waals surface area contributed by atoms with Crippen molar-refractivity contribution < 1.29 is 13.5 Å². The normalized spacial score (nSPS) is 22.2. The van der Waals surface area contributed by atoms with Gasteiger partial charge in [0.05, 0.1) is 12.4 Å². The van der Waals surface area contributed by atoms with Crippen molar-refractivity contribution in [2.75, 3.05) is 19.3 Å². The molecule has 1 saturated heterocycles. The van der Waals surface area contributed by atoms with E-state index in [4.69, 9.17) is 23.2 Å². The minimum Gasteiger partial charge on any atom is -0.388 e. The summed E-state index contributed by atoms with van der Waals surface area (Å²) < 4.78 is 24.7. The van der Waals surface area contributed by atoms with Gasteiger partial charge in [0.1, 0.15) is 0 Å². The fourth-order valence-electron chi connectivity index (χ4n) is 2.78. The van der Waals surface area contributed by atoms with Crippen LogP contribution in [0.3, 0.4) is 0 Å². The lowest BCUT2D eigenvalue weighted by Crippen LogP contribution is -2.39. The first-order chi connectivity index (χ1) is 9.79. The maximum Gasteiger partial charge on any atom is 0.211 e. The Bertz CT molecular complexity index is 586. The third kappa shape index (κ3) is 4.33. The Morgan fingerprint density at radius 1 is 1.38 bits per heavy atom. The van der Waals surface area contributed by atoms with Gasteiger partial charge < -0.3 is 5.11 Å². The molecule has 21 heavy (non-hydrogen) atoms. The van der Waals surface area contributed by atoms with Crippen molar-refractivity contribution in [2.24, 2.45) is 5.92 Å². The van der Waals surface area contributed by atoms with E-state index in [1.165, 1.54) is 10.6 Å². The molecule has 1 aromatic rings. The molecule has 1 aromatic carbocycles. The molecule has 7 heteroatoms. The minimum atomic E-state index is -3.18. The van der Waals surface area contributed by atoms with Gasteiger partial charge in [-0.3, -0.25) is 0 Å². The zero-order valence-electron chi connectivity index (χ0n) is 11.8. The highest BCUT2D eigenvalue weighted by atomic mass is 35.5. The Labute approximate surface area is 135 Å². The lowest BCUT2D eigenvalue weighted by Gasteiger charge is -2.32. The van der Waals surface area contributed by atoms with Gasteiger partial charge in [-0.25, -0.2) is 12.7 Å². The number of hydrogen-bond donors (Lipinski definition) is 1. The molecule has 0 spiro atoms. The van der Waals surface area contributed by atoms with E-state index in [-0.39, 0.29) is 5.92 Å². The van der Waals surface area contributed by atoms with Crippen LogP contribution < -0.4 is 0 Å². The molecule has 0 aliphatic carbocycles. The Morgan fingerprint density at radius 3 is 2.57 bits per heavy atom. The lowest BCUT2D eigenvalue weighted by molar-refractivity contribution is 0.123. The second-order valence-corrected chi connectivity index (χ2v) is 8.31. The van der Waals surface area contributed by atoms with Gasteiger partial charge in [0.2, 0.25) is 10.0 Å². The number of benzene rings is 1. The molecule has 0 bridgehead atoms. The molecule has 1 fully saturated rings. The fraction of sp³-hybridized carbons (Fsp3) is 0.571. The van der Waals surface area contributed by atoms with Crippen molar-refractivity contribution in [3.63, 3.8) is 0 Å². The topological polar surface area (TPSA) is 57.6 Å². The fourth-order valence-corrected chi connectivity index (χ4v) is 4.37. The number of nitrogens with zero attached hydrogens (tertiary/aromatic N) is 1. The van der Waals surface area contributed by atoms with E-state index in [2.05, 4.69) is 0 Å². The maximum atomic E-state index is 11.6. The smallest absolute Gasteiger partial charge is 0.211 e. The number of aliphatic hydroxyl groups excluding tert-OH is 1. The standard InChI is InChI=1S/C14H19Cl2NO3S/c1-21(19,20)17-7-3-4-10(9-17)8-13(18)14-11(15)5-2-6-12(14)16/h2,5-6,10,13,18H,3-4,7-9H2,1H3. The molecule has 2 unspecified atom stereocenters. The predicted molar refractivity (Wildman–Crippen MR) is 85.2 cm³/mol. The molecule has 1 N–H and O–H groups in total. The summed E-state index contributed by atoms with van der Waals surface area (Å²) in [7, 11) is -3.18. The van der Waals surface area contributed by atoms with E-state index in [1.54, 1.807) is 18.2 Å². The van der Waals surface area contributed by atoms with Crippen LogP contribution in [0.25, 0.3) is 0 Å². The molecule has 0 amide bonds. The van der Waals surface area contributed by atoms with Gasteiger partial charge in [0.15, 0.2) is 0 Å². The third-order valence-corrected chi connectivity index (χ3v) is 5.77. The summed E-state index contributed by atoms with van der Waals surface area (Å²) in [5.74, 6) is 0.107. The van der Waals surface area contributed by atoms with Gasteiger partial charge in [-0.1, -0.05) is 29.3 Å². The average molecular weight is 352 g/mol. The number of rotatable bonds is 4. The van der Waals surface area contributed by atoms with Crippen LogP contribution in [-0.4, -0.2) is 37.2 Å². The molecule has 0 saturated carbocycles. The van der Waals surface area contributed by atoms with E-state index in [1.807, 2.05) is 0 Å². The number of aliphatic hydroxyl groups is 1. The Kier molecular flexibility index (Phi) is 5.54. The quantitative estimate of drug-likeness (QED) is 0.906. The molecule has 0 radical (unpaired) electrons. The van der Waals surface area contributed by atoms with Crippen LogP contribution in [0.4, 0.5) is 0 Å². The van der Waals surface area contributed by atoms with Crippen LogP contribution >= 0.6 is 23.2 Å². The first-order valence-electron chi connectivity index (χ1n) is 6.86. The number of halogens is 2. The van der Waals surface area contributed by atoms with Gasteiger partial charge in [-0.05, 0) is 37.3 Å². The molecule has 1 heterocycles. The van der Waals surface area contributed by atoms with Crippen molar-refractivity contribution in [3.05, 3.63) is 33.8 Å². The summed E-state index contributed by atoms with van der Waals surface area (Å²) in [6, 6.07) is 5.11. The minimum absolute atomic E-state index is 0.107. The number of hydrogen-bond acceptors (Lipinski definition) is 3. The second-order valence-electron chi connectivity index (χ2n) is 5.52. The van der Waals surface area contributed by atoms with Crippen molar-refractivity contribution in [1.82, 2.24) is 4.31 Å². The van der Waals surface area contributed by atoms with Crippen molar-refractivity contribution in [3.8, 4) is 0 Å². The summed E-state index contributed by atoms with van der Waals surface area (Å²) in [5, 5.41) is 11.3. The molecule has 1 aliphatic heterocycles. The summed E-state index contributed by atoms with van der Waals surface area (Å²) in [5.41, 5.74) is 0.525. The van der Waals surface area contributed by atoms with Gasteiger partial charge in [-0.15, -0.1) is 0 Å². The first kappa shape index (κ1) is 17.0. The SMILES string of the molecule is CS(=O)(=O)N1CCCC(CC(O)c2c(Cl)cccc2Cl)C1. The van der Waals surface area contributed by atoms with E-state index in [9.17, 15) is 13.5 Å². The second kappa shape index (κ2) is 6.84. The zero-order valence-corrected chi connectivity index (χ0v) is 14.1. The molecule has 0 aromatic heterocycles. The summed E-state index contributed by atoms with van der Waals surface area (Å²) in [6.45, 7) is 0.996. The van der Waals surface area contributed by atoms with Crippen LogP contribution in [0, 0.1) is 5.92 Å². The van der Waals surface area contributed by atoms with Crippen LogP contribution in [0.2, 0.25) is 10.0 Å². The molecule has 4 nitrogen and oxygen atoms in total. The van der Waals surface area contributed by atoms with Crippen LogP contribution in [0.1, 0.15) is 30.9 Å². The Hall–Kier alpha value is -0.330. The largest absolute Gasteiger partial charge is 0.388 e. The van der Waals surface area contributed by atoms with Crippen molar-refractivity contribution >= 4 is 33.2 Å². The van der Waals surface area contributed by atoms with E-state index >= 15 is 0 Å². The van der Waals surface area contributed by atoms with Gasteiger partial charge >= 0.3 is 0 Å². The van der Waals surface area contributed by atoms with Crippen LogP contribution in [0.15, 0.2) is 18.2 Å². The highest BCUT2D eigenvalue weighted by Gasteiger charge is 2.28. The maximum absolute atomic E-state index is 11.6. The highest BCUT2D eigenvalue weighted by molar-refractivity contribution is 7.88. The van der Waals surface area contributed by atoms with E-state index in [0.717, 1.165) is 12.8 Å². The Balaban J connectivity index is 2.07. The summed E-state index contributed by atoms with van der Waals surface area (Å²) in [6.07, 6.45) is 2.59. The lowest BCUT2D eigenvalue weighted by atomic mass is 9.91. The summed E-state index contributed by atoms with van der Waals surface area (Å²) in [4.78, 5) is 0. The monoisotopic (exact) mass is 351 g/mol. The number of piperidine rings is 1. The van der Waals surface area contributed by atoms with Crippen LogP contribution in [0.5, 0.6) is 0 Å². The number of sulfonamides is 1. The van der Waals surface area contributed by atoms with E-state index < -0.39 is 16.1 Å². The van der Waals surface area contributed by atoms with Crippen molar-refractivity contribution in [1.29, 1.82) is 0 Å². The summed E-state index contributed by atoms with van der Waals surface area (Å²) >= 11 is 12.2. The van der Waals surface area contributed by atoms with Gasteiger partial charge in [0, 0.05) is 28.7 Å². The Morgan fingerprint density at radius 2 is 2.00 bits per heavy atom. The van der Waals surface area contributed by atoms with E-state index in [0.29, 0.717) is 35.1 Å². The van der Waals surface area contributed by atoms with Crippen molar-refractivity contribution in [2.45, 2.75) is 25.4 Å². The highest BCUT2D eigenvalue weighted by Crippen LogP contribution is 2.35. The first-order valence-corrected chi connectivity index (χ1v) is 9.46. The third-order valence-electron chi connectivity index (χ3n) is 3.84. The molecular weight excluding hydrogens is 333 g/mol. The average Bonchev–Trinajstić information content (AvgIpc) is 2.37. The zero-order chi connectivity index (χ0) is 15.6. The molecule has 2 atom stereocenters. The van der Waals surface area contributed by atoms with Crippen LogP contribution in [-0.2, 0) is 10.0 Å².